The van der Waals surface area contributed by atoms with Crippen LogP contribution in [0.2, 0.25) is 5.02 Å². The number of thioether (sulfide) groups is 1. The fourth-order valence-corrected chi connectivity index (χ4v) is 3.88. The molecule has 1 aliphatic rings. The van der Waals surface area contributed by atoms with E-state index in [0.29, 0.717) is 4.99 Å². The zero-order valence-corrected chi connectivity index (χ0v) is 13.8. The predicted octanol–water partition coefficient (Wildman–Crippen LogP) is 3.46. The molecule has 0 aliphatic carbocycles. The summed E-state index contributed by atoms with van der Waals surface area (Å²) in [6.07, 6.45) is 3.95. The van der Waals surface area contributed by atoms with E-state index in [9.17, 15) is 4.39 Å². The van der Waals surface area contributed by atoms with Crippen molar-refractivity contribution in [1.29, 1.82) is 0 Å². The number of piperidine rings is 1. The number of nitrogens with zero attached hydrogens (tertiary/aromatic N) is 1. The van der Waals surface area contributed by atoms with Gasteiger partial charge in [0, 0.05) is 19.6 Å². The molecule has 0 saturated carbocycles. The van der Waals surface area contributed by atoms with Crippen molar-refractivity contribution in [3.05, 3.63) is 34.6 Å². The number of hydrogen-bond donors (Lipinski definition) is 1. The van der Waals surface area contributed by atoms with Gasteiger partial charge < -0.3 is 5.73 Å². The van der Waals surface area contributed by atoms with Crippen molar-refractivity contribution in [3.8, 4) is 0 Å². The van der Waals surface area contributed by atoms with Gasteiger partial charge in [-0.1, -0.05) is 29.9 Å². The SMILES string of the molecule is CSC1(C(N)=S)CCN(Cc2ccc(Cl)c(F)c2)CC1. The summed E-state index contributed by atoms with van der Waals surface area (Å²) in [4.78, 5) is 2.90. The minimum Gasteiger partial charge on any atom is -0.392 e. The number of thiocarbonyl (C=S) groups is 1. The molecule has 20 heavy (non-hydrogen) atoms. The highest BCUT2D eigenvalue weighted by Gasteiger charge is 2.36. The molecule has 2 rings (SSSR count). The van der Waals surface area contributed by atoms with Crippen molar-refractivity contribution in [1.82, 2.24) is 4.90 Å². The van der Waals surface area contributed by atoms with E-state index in [0.717, 1.165) is 38.0 Å². The van der Waals surface area contributed by atoms with E-state index in [1.165, 1.54) is 6.07 Å². The lowest BCUT2D eigenvalue weighted by Gasteiger charge is -2.40. The summed E-state index contributed by atoms with van der Waals surface area (Å²) in [5, 5.41) is 0.169. The molecule has 2 N–H and O–H groups in total. The topological polar surface area (TPSA) is 29.3 Å². The summed E-state index contributed by atoms with van der Waals surface area (Å²) in [6.45, 7) is 2.57. The molecule has 6 heteroatoms. The Hall–Kier alpha value is -0.360. The average Bonchev–Trinajstić information content (AvgIpc) is 2.44. The molecule has 0 radical (unpaired) electrons. The number of rotatable bonds is 4. The van der Waals surface area contributed by atoms with E-state index in [-0.39, 0.29) is 15.6 Å². The molecule has 2 nitrogen and oxygen atoms in total. The van der Waals surface area contributed by atoms with E-state index in [4.69, 9.17) is 29.6 Å². The Labute approximate surface area is 133 Å². The van der Waals surface area contributed by atoms with E-state index in [1.807, 2.05) is 6.07 Å². The zero-order valence-electron chi connectivity index (χ0n) is 11.4. The standard InChI is InChI=1S/C14H18ClFN2S2/c1-20-14(13(17)19)4-6-18(7-5-14)9-10-2-3-11(15)12(16)8-10/h2-3,8H,4-7,9H2,1H3,(H2,17,19). The van der Waals surface area contributed by atoms with Crippen LogP contribution in [-0.2, 0) is 6.54 Å². The first kappa shape index (κ1) is 16.0. The minimum atomic E-state index is -0.359. The highest BCUT2D eigenvalue weighted by Crippen LogP contribution is 2.35. The first-order chi connectivity index (χ1) is 9.47. The Morgan fingerprint density at radius 1 is 1.50 bits per heavy atom. The number of benzene rings is 1. The van der Waals surface area contributed by atoms with Crippen LogP contribution in [0.25, 0.3) is 0 Å². The summed E-state index contributed by atoms with van der Waals surface area (Å²) in [7, 11) is 0. The summed E-state index contributed by atoms with van der Waals surface area (Å²) in [5.41, 5.74) is 6.82. The second-order valence-corrected chi connectivity index (χ2v) is 7.12. The van der Waals surface area contributed by atoms with Crippen molar-refractivity contribution >= 4 is 40.6 Å². The van der Waals surface area contributed by atoms with Crippen LogP contribution in [0.1, 0.15) is 18.4 Å². The number of hydrogen-bond acceptors (Lipinski definition) is 3. The number of nitrogens with two attached hydrogens (primary N) is 1. The molecule has 0 atom stereocenters. The Morgan fingerprint density at radius 2 is 2.15 bits per heavy atom. The molecule has 1 fully saturated rings. The van der Waals surface area contributed by atoms with Crippen molar-refractivity contribution in [3.63, 3.8) is 0 Å². The van der Waals surface area contributed by atoms with Crippen LogP contribution in [0, 0.1) is 5.82 Å². The van der Waals surface area contributed by atoms with Gasteiger partial charge in [-0.15, -0.1) is 0 Å². The number of likely N-dealkylation sites (tertiary alicyclic amines) is 1. The average molecular weight is 333 g/mol. The number of halogens is 2. The molecule has 0 bridgehead atoms. The maximum Gasteiger partial charge on any atom is 0.142 e. The highest BCUT2D eigenvalue weighted by molar-refractivity contribution is 8.02. The monoisotopic (exact) mass is 332 g/mol. The smallest absolute Gasteiger partial charge is 0.142 e. The quantitative estimate of drug-likeness (QED) is 0.855. The van der Waals surface area contributed by atoms with Gasteiger partial charge >= 0.3 is 0 Å². The molecule has 1 aromatic rings. The molecular formula is C14H18ClFN2S2. The Morgan fingerprint density at radius 3 is 2.65 bits per heavy atom. The Kier molecular flexibility index (Phi) is 5.29. The lowest BCUT2D eigenvalue weighted by atomic mass is 9.95. The van der Waals surface area contributed by atoms with Crippen LogP contribution in [0.15, 0.2) is 18.2 Å². The lowest BCUT2D eigenvalue weighted by molar-refractivity contribution is 0.212. The summed E-state index contributed by atoms with van der Waals surface area (Å²) in [5.74, 6) is -0.359. The molecule has 110 valence electrons. The van der Waals surface area contributed by atoms with Gasteiger partial charge in [-0.2, -0.15) is 11.8 Å². The molecule has 0 unspecified atom stereocenters. The summed E-state index contributed by atoms with van der Waals surface area (Å²) < 4.78 is 13.4. The van der Waals surface area contributed by atoms with Crippen molar-refractivity contribution < 1.29 is 4.39 Å². The molecule has 1 saturated heterocycles. The van der Waals surface area contributed by atoms with Crippen LogP contribution in [0.3, 0.4) is 0 Å². The van der Waals surface area contributed by atoms with Gasteiger partial charge in [0.05, 0.1) is 14.8 Å². The first-order valence-electron chi connectivity index (χ1n) is 6.48. The van der Waals surface area contributed by atoms with E-state index in [2.05, 4.69) is 11.2 Å². The molecule has 1 aliphatic heterocycles. The fourth-order valence-electron chi connectivity index (χ4n) is 2.52. The second kappa shape index (κ2) is 6.60. The van der Waals surface area contributed by atoms with Crippen LogP contribution in [0.5, 0.6) is 0 Å². The Balaban J connectivity index is 1.97. The van der Waals surface area contributed by atoms with Gasteiger partial charge in [0.2, 0.25) is 0 Å². The van der Waals surface area contributed by atoms with Crippen LogP contribution < -0.4 is 5.73 Å². The maximum absolute atomic E-state index is 13.4. The molecule has 0 aromatic heterocycles. The third kappa shape index (κ3) is 3.45. The second-order valence-electron chi connectivity index (χ2n) is 5.09. The molecular weight excluding hydrogens is 315 g/mol. The molecule has 1 heterocycles. The van der Waals surface area contributed by atoms with Crippen molar-refractivity contribution in [2.24, 2.45) is 5.73 Å². The zero-order chi connectivity index (χ0) is 14.8. The lowest BCUT2D eigenvalue weighted by Crippen LogP contribution is -2.48. The highest BCUT2D eigenvalue weighted by atomic mass is 35.5. The molecule has 0 spiro atoms. The third-order valence-electron chi connectivity index (χ3n) is 3.89. The van der Waals surface area contributed by atoms with Crippen molar-refractivity contribution in [2.75, 3.05) is 19.3 Å². The van der Waals surface area contributed by atoms with Gasteiger partial charge in [0.25, 0.3) is 0 Å². The van der Waals surface area contributed by atoms with E-state index < -0.39 is 0 Å². The Bertz CT molecular complexity index is 502. The van der Waals surface area contributed by atoms with E-state index >= 15 is 0 Å². The molecule has 1 aromatic carbocycles. The normalized spacial score (nSPS) is 18.9. The predicted molar refractivity (Wildman–Crippen MR) is 89.0 cm³/mol. The van der Waals surface area contributed by atoms with Crippen LogP contribution in [-0.4, -0.2) is 34.0 Å². The summed E-state index contributed by atoms with van der Waals surface area (Å²) in [6, 6.07) is 4.99. The third-order valence-corrected chi connectivity index (χ3v) is 6.13. The summed E-state index contributed by atoms with van der Waals surface area (Å²) >= 11 is 12.6. The fraction of sp³-hybridized carbons (Fsp3) is 0.500. The van der Waals surface area contributed by atoms with Gasteiger partial charge in [-0.3, -0.25) is 4.90 Å². The minimum absolute atomic E-state index is 0.0723. The molecule has 0 amide bonds. The largest absolute Gasteiger partial charge is 0.392 e. The first-order valence-corrected chi connectivity index (χ1v) is 8.49. The van der Waals surface area contributed by atoms with Gasteiger partial charge in [-0.25, -0.2) is 4.39 Å². The van der Waals surface area contributed by atoms with Crippen LogP contribution >= 0.6 is 35.6 Å². The van der Waals surface area contributed by atoms with E-state index in [1.54, 1.807) is 17.8 Å². The van der Waals surface area contributed by atoms with Gasteiger partial charge in [0.15, 0.2) is 0 Å². The van der Waals surface area contributed by atoms with Crippen molar-refractivity contribution in [2.45, 2.75) is 24.1 Å². The maximum atomic E-state index is 13.4. The van der Waals surface area contributed by atoms with Gasteiger partial charge in [0.1, 0.15) is 5.82 Å². The van der Waals surface area contributed by atoms with Crippen LogP contribution in [0.4, 0.5) is 4.39 Å². The van der Waals surface area contributed by atoms with Gasteiger partial charge in [-0.05, 0) is 36.8 Å².